The number of aryl methyl sites for hydroxylation is 1. The zero-order valence-corrected chi connectivity index (χ0v) is 14.8. The van der Waals surface area contributed by atoms with E-state index < -0.39 is 0 Å². The number of likely N-dealkylation sites (N-methyl/N-ethyl adjacent to an activating group) is 1. The van der Waals surface area contributed by atoms with E-state index in [4.69, 9.17) is 4.74 Å². The van der Waals surface area contributed by atoms with Crippen LogP contribution < -0.4 is 10.1 Å². The Morgan fingerprint density at radius 1 is 1.43 bits per heavy atom. The normalized spacial score (nSPS) is 12.2. The SMILES string of the molecule is CCc1ncc(C(=O)NCC(c2cccc(OC)c2)N(C)C)s1. The van der Waals surface area contributed by atoms with E-state index in [0.29, 0.717) is 11.4 Å². The van der Waals surface area contributed by atoms with Gasteiger partial charge in [0.2, 0.25) is 0 Å². The van der Waals surface area contributed by atoms with E-state index in [9.17, 15) is 4.79 Å². The topological polar surface area (TPSA) is 54.5 Å². The standard InChI is InChI=1S/C17H23N3O2S/c1-5-16-18-11-15(23-16)17(21)19-10-14(20(2)3)12-7-6-8-13(9-12)22-4/h6-9,11,14H,5,10H2,1-4H3,(H,19,21). The number of thiazole rings is 1. The highest BCUT2D eigenvalue weighted by molar-refractivity contribution is 7.13. The number of hydrogen-bond donors (Lipinski definition) is 1. The molecule has 1 atom stereocenters. The average Bonchev–Trinajstić information content (AvgIpc) is 3.04. The van der Waals surface area contributed by atoms with Crippen LogP contribution in [0, 0.1) is 0 Å². The van der Waals surface area contributed by atoms with Gasteiger partial charge in [0.25, 0.3) is 5.91 Å². The second-order valence-corrected chi connectivity index (χ2v) is 6.55. The monoisotopic (exact) mass is 333 g/mol. The first-order valence-electron chi connectivity index (χ1n) is 7.58. The van der Waals surface area contributed by atoms with Gasteiger partial charge in [0.05, 0.1) is 24.4 Å². The molecule has 0 aliphatic carbocycles. The van der Waals surface area contributed by atoms with Crippen LogP contribution >= 0.6 is 11.3 Å². The van der Waals surface area contributed by atoms with E-state index in [2.05, 4.69) is 15.2 Å². The number of benzene rings is 1. The summed E-state index contributed by atoms with van der Waals surface area (Å²) >= 11 is 1.45. The van der Waals surface area contributed by atoms with Crippen LogP contribution in [0.3, 0.4) is 0 Å². The average molecular weight is 333 g/mol. The Labute approximate surface area is 141 Å². The second kappa shape index (κ2) is 8.08. The summed E-state index contributed by atoms with van der Waals surface area (Å²) in [4.78, 5) is 19.2. The van der Waals surface area contributed by atoms with E-state index in [1.807, 2.05) is 45.3 Å². The van der Waals surface area contributed by atoms with Crippen molar-refractivity contribution in [2.75, 3.05) is 27.7 Å². The predicted octanol–water partition coefficient (Wildman–Crippen LogP) is 2.75. The Morgan fingerprint density at radius 2 is 2.22 bits per heavy atom. The Balaban J connectivity index is 2.06. The lowest BCUT2D eigenvalue weighted by atomic mass is 10.1. The summed E-state index contributed by atoms with van der Waals surface area (Å²) in [5.41, 5.74) is 1.10. The predicted molar refractivity (Wildman–Crippen MR) is 93.2 cm³/mol. The maximum atomic E-state index is 12.3. The molecule has 1 unspecified atom stereocenters. The first kappa shape index (κ1) is 17.4. The fourth-order valence-corrected chi connectivity index (χ4v) is 3.08. The summed E-state index contributed by atoms with van der Waals surface area (Å²) in [5, 5.41) is 3.98. The molecule has 1 aromatic carbocycles. The van der Waals surface area contributed by atoms with Crippen molar-refractivity contribution in [2.24, 2.45) is 0 Å². The molecule has 124 valence electrons. The van der Waals surface area contributed by atoms with Crippen molar-refractivity contribution < 1.29 is 9.53 Å². The van der Waals surface area contributed by atoms with E-state index >= 15 is 0 Å². The summed E-state index contributed by atoms with van der Waals surface area (Å²) in [6.07, 6.45) is 2.50. The minimum Gasteiger partial charge on any atom is -0.497 e. The second-order valence-electron chi connectivity index (χ2n) is 5.44. The van der Waals surface area contributed by atoms with Gasteiger partial charge in [-0.15, -0.1) is 11.3 Å². The van der Waals surface area contributed by atoms with Gasteiger partial charge in [0.15, 0.2) is 0 Å². The van der Waals surface area contributed by atoms with Gasteiger partial charge in [-0.1, -0.05) is 19.1 Å². The molecule has 2 rings (SSSR count). The highest BCUT2D eigenvalue weighted by Crippen LogP contribution is 2.22. The van der Waals surface area contributed by atoms with E-state index in [1.165, 1.54) is 11.3 Å². The number of methoxy groups -OCH3 is 1. The van der Waals surface area contributed by atoms with Crippen LogP contribution in [0.1, 0.15) is 33.2 Å². The van der Waals surface area contributed by atoms with Crippen LogP contribution in [0.25, 0.3) is 0 Å². The number of rotatable bonds is 7. The molecular weight excluding hydrogens is 310 g/mol. The molecule has 0 saturated heterocycles. The zero-order valence-electron chi connectivity index (χ0n) is 14.0. The molecule has 0 aliphatic rings. The van der Waals surface area contributed by atoms with Gasteiger partial charge in [-0.3, -0.25) is 4.79 Å². The maximum absolute atomic E-state index is 12.3. The fraction of sp³-hybridized carbons (Fsp3) is 0.412. The molecule has 0 radical (unpaired) electrons. The van der Waals surface area contributed by atoms with Gasteiger partial charge in [-0.25, -0.2) is 4.98 Å². The van der Waals surface area contributed by atoms with Crippen molar-refractivity contribution in [1.82, 2.24) is 15.2 Å². The Morgan fingerprint density at radius 3 is 2.83 bits per heavy atom. The van der Waals surface area contributed by atoms with Crippen LogP contribution in [-0.2, 0) is 6.42 Å². The largest absolute Gasteiger partial charge is 0.497 e. The number of hydrogen-bond acceptors (Lipinski definition) is 5. The van der Waals surface area contributed by atoms with Crippen molar-refractivity contribution in [3.05, 3.63) is 45.9 Å². The van der Waals surface area contributed by atoms with Crippen molar-refractivity contribution in [1.29, 1.82) is 0 Å². The van der Waals surface area contributed by atoms with Gasteiger partial charge < -0.3 is 15.0 Å². The molecule has 23 heavy (non-hydrogen) atoms. The number of carbonyl (C=O) groups excluding carboxylic acids is 1. The van der Waals surface area contributed by atoms with Gasteiger partial charge >= 0.3 is 0 Å². The van der Waals surface area contributed by atoms with Crippen LogP contribution in [0.4, 0.5) is 0 Å². The zero-order chi connectivity index (χ0) is 16.8. The third-order valence-electron chi connectivity index (χ3n) is 3.64. The molecule has 2 aromatic rings. The van der Waals surface area contributed by atoms with Crippen LogP contribution in [0.5, 0.6) is 5.75 Å². The van der Waals surface area contributed by atoms with Gasteiger partial charge in [-0.05, 0) is 38.2 Å². The first-order valence-corrected chi connectivity index (χ1v) is 8.40. The molecule has 0 spiro atoms. The molecule has 0 bridgehead atoms. The molecule has 6 heteroatoms. The highest BCUT2D eigenvalue weighted by atomic mass is 32.1. The highest BCUT2D eigenvalue weighted by Gasteiger charge is 2.17. The lowest BCUT2D eigenvalue weighted by Gasteiger charge is -2.25. The van der Waals surface area contributed by atoms with E-state index in [0.717, 1.165) is 22.7 Å². The number of aromatic nitrogens is 1. The molecule has 1 amide bonds. The Bertz CT molecular complexity index is 655. The summed E-state index contributed by atoms with van der Waals surface area (Å²) < 4.78 is 5.28. The van der Waals surface area contributed by atoms with Crippen molar-refractivity contribution >= 4 is 17.2 Å². The molecule has 0 fully saturated rings. The van der Waals surface area contributed by atoms with E-state index in [-0.39, 0.29) is 11.9 Å². The first-order chi connectivity index (χ1) is 11.0. The third-order valence-corrected chi connectivity index (χ3v) is 4.78. The summed E-state index contributed by atoms with van der Waals surface area (Å²) in [6, 6.07) is 7.99. The molecular formula is C17H23N3O2S. The Kier molecular flexibility index (Phi) is 6.12. The molecule has 0 saturated carbocycles. The van der Waals surface area contributed by atoms with Gasteiger partial charge in [-0.2, -0.15) is 0 Å². The van der Waals surface area contributed by atoms with Crippen molar-refractivity contribution in [3.8, 4) is 5.75 Å². The molecule has 0 aliphatic heterocycles. The summed E-state index contributed by atoms with van der Waals surface area (Å²) in [5.74, 6) is 0.743. The number of amides is 1. The number of nitrogens with zero attached hydrogens (tertiary/aromatic N) is 2. The summed E-state index contributed by atoms with van der Waals surface area (Å²) in [7, 11) is 5.65. The minimum absolute atomic E-state index is 0.0723. The smallest absolute Gasteiger partial charge is 0.263 e. The third kappa shape index (κ3) is 4.53. The molecule has 1 N–H and O–H groups in total. The minimum atomic E-state index is -0.0723. The molecule has 5 nitrogen and oxygen atoms in total. The maximum Gasteiger partial charge on any atom is 0.263 e. The van der Waals surface area contributed by atoms with E-state index in [1.54, 1.807) is 13.3 Å². The lowest BCUT2D eigenvalue weighted by molar-refractivity contribution is 0.0946. The fourth-order valence-electron chi connectivity index (χ4n) is 2.30. The van der Waals surface area contributed by atoms with Crippen molar-refractivity contribution in [2.45, 2.75) is 19.4 Å². The van der Waals surface area contributed by atoms with Gasteiger partial charge in [0.1, 0.15) is 10.6 Å². The Hall–Kier alpha value is -1.92. The number of carbonyl (C=O) groups is 1. The lowest BCUT2D eigenvalue weighted by Crippen LogP contribution is -2.34. The quantitative estimate of drug-likeness (QED) is 0.846. The van der Waals surface area contributed by atoms with Crippen LogP contribution in [-0.4, -0.2) is 43.5 Å². The number of nitrogens with one attached hydrogen (secondary N) is 1. The van der Waals surface area contributed by atoms with Crippen LogP contribution in [0.15, 0.2) is 30.5 Å². The number of ether oxygens (including phenoxy) is 1. The van der Waals surface area contributed by atoms with Crippen LogP contribution in [0.2, 0.25) is 0 Å². The molecule has 1 aromatic heterocycles. The molecule has 1 heterocycles. The van der Waals surface area contributed by atoms with Gasteiger partial charge in [0, 0.05) is 6.54 Å². The van der Waals surface area contributed by atoms with Crippen molar-refractivity contribution in [3.63, 3.8) is 0 Å². The summed E-state index contributed by atoms with van der Waals surface area (Å²) in [6.45, 7) is 2.56.